The lowest BCUT2D eigenvalue weighted by molar-refractivity contribution is -0.168. The largest absolute Gasteiger partial charge is 0.448 e. The highest BCUT2D eigenvalue weighted by Gasteiger charge is 2.75. The van der Waals surface area contributed by atoms with Gasteiger partial charge in [-0.2, -0.15) is 4.98 Å². The van der Waals surface area contributed by atoms with Gasteiger partial charge in [0.05, 0.1) is 12.0 Å². The molecule has 1 aromatic rings. The van der Waals surface area contributed by atoms with Crippen LogP contribution in [0.4, 0.5) is 0 Å². The molecule has 1 N–H and O–H groups in total. The van der Waals surface area contributed by atoms with E-state index < -0.39 is 16.4 Å². The Labute approximate surface area is 135 Å². The molecule has 1 aliphatic carbocycles. The molecule has 0 aromatic carbocycles. The van der Waals surface area contributed by atoms with E-state index in [-0.39, 0.29) is 24.3 Å². The Morgan fingerprint density at radius 1 is 1.30 bits per heavy atom. The summed E-state index contributed by atoms with van der Waals surface area (Å²) in [6.45, 7) is 9.79. The van der Waals surface area contributed by atoms with Crippen LogP contribution >= 0.6 is 0 Å². The Hall–Kier alpha value is -1.92. The fourth-order valence-corrected chi connectivity index (χ4v) is 3.62. The second-order valence-corrected chi connectivity index (χ2v) is 7.56. The molecule has 1 amide bonds. The Morgan fingerprint density at radius 3 is 2.48 bits per heavy atom. The van der Waals surface area contributed by atoms with Gasteiger partial charge in [-0.15, -0.1) is 0 Å². The number of rotatable bonds is 4. The first kappa shape index (κ1) is 16.0. The smallest absolute Gasteiger partial charge is 0.313 e. The van der Waals surface area contributed by atoms with E-state index in [0.29, 0.717) is 24.6 Å². The zero-order chi connectivity index (χ0) is 17.0. The maximum absolute atomic E-state index is 12.8. The predicted octanol–water partition coefficient (Wildman–Crippen LogP) is 1.93. The van der Waals surface area contributed by atoms with Gasteiger partial charge < -0.3 is 14.6 Å². The van der Waals surface area contributed by atoms with E-state index in [4.69, 9.17) is 9.26 Å². The summed E-state index contributed by atoms with van der Waals surface area (Å²) in [5.41, 5.74) is -2.27. The lowest BCUT2D eigenvalue weighted by atomic mass is 9.66. The predicted molar refractivity (Wildman–Crippen MR) is 80.2 cm³/mol. The van der Waals surface area contributed by atoms with Crippen molar-refractivity contribution in [3.05, 3.63) is 11.7 Å². The second kappa shape index (κ2) is 4.79. The molecular formula is C16H23N3O4. The number of aromatic nitrogens is 2. The van der Waals surface area contributed by atoms with E-state index in [1.807, 2.05) is 34.6 Å². The zero-order valence-corrected chi connectivity index (χ0v) is 14.2. The van der Waals surface area contributed by atoms with Crippen LogP contribution in [0.3, 0.4) is 0 Å². The third-order valence-electron chi connectivity index (χ3n) is 5.84. The highest BCUT2D eigenvalue weighted by Crippen LogP contribution is 2.65. The standard InChI is InChI=1S/C16H23N3O4/c1-9(2)11-18-10(19-23-11)8-17-12(20)16-7-6-15(5,13(21)22-16)14(16,3)4/h9H,6-8H2,1-5H3,(H,17,20)/t15-,16+/m0/s1. The number of ether oxygens (including phenoxy) is 1. The van der Waals surface area contributed by atoms with E-state index in [9.17, 15) is 9.59 Å². The van der Waals surface area contributed by atoms with Gasteiger partial charge in [0.1, 0.15) is 0 Å². The maximum atomic E-state index is 12.8. The molecule has 0 spiro atoms. The van der Waals surface area contributed by atoms with Crippen molar-refractivity contribution < 1.29 is 18.8 Å². The normalized spacial score (nSPS) is 31.5. The van der Waals surface area contributed by atoms with Crippen LogP contribution in [-0.2, 0) is 20.9 Å². The number of fused-ring (bicyclic) bond motifs is 2. The van der Waals surface area contributed by atoms with Crippen molar-refractivity contribution in [3.8, 4) is 0 Å². The quantitative estimate of drug-likeness (QED) is 0.852. The van der Waals surface area contributed by atoms with Crippen LogP contribution in [0, 0.1) is 10.8 Å². The lowest BCUT2D eigenvalue weighted by Crippen LogP contribution is -2.53. The molecule has 2 atom stereocenters. The third kappa shape index (κ3) is 1.95. The van der Waals surface area contributed by atoms with Gasteiger partial charge >= 0.3 is 5.97 Å². The van der Waals surface area contributed by atoms with Crippen LogP contribution in [0.25, 0.3) is 0 Å². The summed E-state index contributed by atoms with van der Waals surface area (Å²) < 4.78 is 10.7. The van der Waals surface area contributed by atoms with Crippen LogP contribution in [0.15, 0.2) is 4.52 Å². The van der Waals surface area contributed by atoms with Crippen molar-refractivity contribution in [2.75, 3.05) is 0 Å². The average Bonchev–Trinajstić information content (AvgIpc) is 3.07. The van der Waals surface area contributed by atoms with E-state index in [1.54, 1.807) is 0 Å². The molecule has 23 heavy (non-hydrogen) atoms. The fourth-order valence-electron chi connectivity index (χ4n) is 3.62. The SMILES string of the molecule is CC(C)c1nc(CNC(=O)[C@@]23CC[C@@](C)(C(=O)O2)C3(C)C)no1. The van der Waals surface area contributed by atoms with Crippen molar-refractivity contribution in [1.29, 1.82) is 0 Å². The number of nitrogens with one attached hydrogen (secondary N) is 1. The van der Waals surface area contributed by atoms with Crippen molar-refractivity contribution in [2.45, 2.75) is 65.5 Å². The van der Waals surface area contributed by atoms with E-state index in [2.05, 4.69) is 15.5 Å². The first-order valence-electron chi connectivity index (χ1n) is 7.98. The number of esters is 1. The maximum Gasteiger partial charge on any atom is 0.313 e. The number of hydrogen-bond acceptors (Lipinski definition) is 6. The topological polar surface area (TPSA) is 94.3 Å². The van der Waals surface area contributed by atoms with Gasteiger partial charge in [0.25, 0.3) is 5.91 Å². The number of nitrogens with zero attached hydrogens (tertiary/aromatic N) is 2. The van der Waals surface area contributed by atoms with Crippen molar-refractivity contribution in [1.82, 2.24) is 15.5 Å². The van der Waals surface area contributed by atoms with E-state index in [0.717, 1.165) is 0 Å². The van der Waals surface area contributed by atoms with Gasteiger partial charge in [0, 0.05) is 11.3 Å². The minimum Gasteiger partial charge on any atom is -0.448 e. The van der Waals surface area contributed by atoms with Gasteiger partial charge in [-0.05, 0) is 19.8 Å². The van der Waals surface area contributed by atoms with Crippen molar-refractivity contribution >= 4 is 11.9 Å². The summed E-state index contributed by atoms with van der Waals surface area (Å²) >= 11 is 0. The van der Waals surface area contributed by atoms with E-state index >= 15 is 0 Å². The molecule has 2 heterocycles. The molecular weight excluding hydrogens is 298 g/mol. The molecule has 1 saturated heterocycles. The summed E-state index contributed by atoms with van der Waals surface area (Å²) in [6.07, 6.45) is 1.20. The van der Waals surface area contributed by atoms with E-state index in [1.165, 1.54) is 0 Å². The summed E-state index contributed by atoms with van der Waals surface area (Å²) in [5, 5.41) is 6.66. The molecule has 3 rings (SSSR count). The molecule has 2 aliphatic rings. The minimum atomic E-state index is -1.11. The first-order chi connectivity index (χ1) is 10.6. The Kier molecular flexibility index (Phi) is 3.32. The van der Waals surface area contributed by atoms with Gasteiger partial charge in [0.2, 0.25) is 5.89 Å². The molecule has 0 radical (unpaired) electrons. The van der Waals surface area contributed by atoms with Crippen LogP contribution < -0.4 is 5.32 Å². The van der Waals surface area contributed by atoms with Crippen LogP contribution in [0.5, 0.6) is 0 Å². The van der Waals surface area contributed by atoms with Gasteiger partial charge in [-0.25, -0.2) is 0 Å². The van der Waals surface area contributed by atoms with Gasteiger partial charge in [-0.1, -0.05) is 32.9 Å². The monoisotopic (exact) mass is 321 g/mol. The summed E-state index contributed by atoms with van der Waals surface area (Å²) in [6, 6.07) is 0. The molecule has 2 fully saturated rings. The van der Waals surface area contributed by atoms with Crippen LogP contribution in [-0.4, -0.2) is 27.6 Å². The number of carbonyl (C=O) groups excluding carboxylic acids is 2. The number of hydrogen-bond donors (Lipinski definition) is 1. The summed E-state index contributed by atoms with van der Waals surface area (Å²) in [4.78, 5) is 29.2. The molecule has 7 heteroatoms. The van der Waals surface area contributed by atoms with Crippen LogP contribution in [0.2, 0.25) is 0 Å². The Bertz CT molecular complexity index is 666. The summed E-state index contributed by atoms with van der Waals surface area (Å²) in [5.74, 6) is 0.518. The summed E-state index contributed by atoms with van der Waals surface area (Å²) in [7, 11) is 0. The highest BCUT2D eigenvalue weighted by molar-refractivity contribution is 5.96. The first-order valence-corrected chi connectivity index (χ1v) is 7.98. The van der Waals surface area contributed by atoms with Gasteiger partial charge in [0.15, 0.2) is 11.4 Å². The fraction of sp³-hybridized carbons (Fsp3) is 0.750. The third-order valence-corrected chi connectivity index (χ3v) is 5.84. The molecule has 1 aliphatic heterocycles. The molecule has 2 bridgehead atoms. The molecule has 1 aromatic heterocycles. The second-order valence-electron chi connectivity index (χ2n) is 7.56. The van der Waals surface area contributed by atoms with Crippen LogP contribution in [0.1, 0.15) is 65.1 Å². The average molecular weight is 321 g/mol. The molecule has 0 unspecified atom stereocenters. The molecule has 7 nitrogen and oxygen atoms in total. The number of amides is 1. The highest BCUT2D eigenvalue weighted by atomic mass is 16.6. The van der Waals surface area contributed by atoms with Crippen molar-refractivity contribution in [2.24, 2.45) is 10.8 Å². The number of carbonyl (C=O) groups is 2. The molecule has 126 valence electrons. The molecule has 1 saturated carbocycles. The van der Waals surface area contributed by atoms with Gasteiger partial charge in [-0.3, -0.25) is 9.59 Å². The Balaban J connectivity index is 1.75. The zero-order valence-electron chi connectivity index (χ0n) is 14.2. The Morgan fingerprint density at radius 2 is 2.00 bits per heavy atom. The minimum absolute atomic E-state index is 0.135. The lowest BCUT2D eigenvalue weighted by Gasteiger charge is -2.35. The van der Waals surface area contributed by atoms with Crippen molar-refractivity contribution in [3.63, 3.8) is 0 Å².